The maximum Gasteiger partial charge on any atom is 0.232 e. The summed E-state index contributed by atoms with van der Waals surface area (Å²) in [7, 11) is 0. The van der Waals surface area contributed by atoms with Crippen molar-refractivity contribution in [2.75, 3.05) is 18.4 Å². The largest absolute Gasteiger partial charge is 0.317 e. The van der Waals surface area contributed by atoms with E-state index in [9.17, 15) is 4.79 Å². The van der Waals surface area contributed by atoms with E-state index in [2.05, 4.69) is 25.6 Å². The van der Waals surface area contributed by atoms with Crippen LogP contribution in [0.4, 0.5) is 5.13 Å². The first-order valence-electron chi connectivity index (χ1n) is 8.59. The second-order valence-corrected chi connectivity index (χ2v) is 8.12. The first-order chi connectivity index (χ1) is 12.8. The SMILES string of the molecule is Cl.O=C(Cc1csc(-c2cccnc2)n1)Nc1ncc(C2CCNCC2)s1. The van der Waals surface area contributed by atoms with E-state index < -0.39 is 0 Å². The van der Waals surface area contributed by atoms with Gasteiger partial charge in [0.25, 0.3) is 0 Å². The Labute approximate surface area is 171 Å². The first kappa shape index (κ1) is 19.9. The number of halogens is 1. The van der Waals surface area contributed by atoms with E-state index in [0.717, 1.165) is 42.2 Å². The van der Waals surface area contributed by atoms with Crippen LogP contribution in [0.25, 0.3) is 10.6 Å². The number of aromatic nitrogens is 3. The Kier molecular flexibility index (Phi) is 6.89. The molecule has 4 rings (SSSR count). The molecule has 0 unspecified atom stereocenters. The number of hydrogen-bond donors (Lipinski definition) is 2. The standard InChI is InChI=1S/C18H19N5OS2.ClH/c24-16(8-14-11-25-17(22-14)13-2-1-5-20-9-13)23-18-21-10-15(26-18)12-3-6-19-7-4-12;/h1-2,5,9-12,19H,3-4,6-8H2,(H,21,23,24);1H. The van der Waals surface area contributed by atoms with Gasteiger partial charge in [-0.25, -0.2) is 9.97 Å². The van der Waals surface area contributed by atoms with Gasteiger partial charge in [0, 0.05) is 34.4 Å². The summed E-state index contributed by atoms with van der Waals surface area (Å²) in [6.07, 6.45) is 7.92. The van der Waals surface area contributed by atoms with E-state index in [1.165, 1.54) is 16.2 Å². The maximum atomic E-state index is 12.3. The smallest absolute Gasteiger partial charge is 0.232 e. The van der Waals surface area contributed by atoms with E-state index in [0.29, 0.717) is 11.0 Å². The van der Waals surface area contributed by atoms with E-state index in [1.807, 2.05) is 23.7 Å². The molecule has 0 aliphatic carbocycles. The second-order valence-electron chi connectivity index (χ2n) is 6.20. The third kappa shape index (κ3) is 5.10. The molecule has 0 spiro atoms. The number of hydrogen-bond acceptors (Lipinski definition) is 7. The number of rotatable bonds is 5. The lowest BCUT2D eigenvalue weighted by molar-refractivity contribution is -0.115. The molecule has 1 aliphatic rings. The molecule has 0 radical (unpaired) electrons. The van der Waals surface area contributed by atoms with Crippen LogP contribution in [0.1, 0.15) is 29.3 Å². The molecule has 0 saturated carbocycles. The van der Waals surface area contributed by atoms with Gasteiger partial charge in [0.05, 0.1) is 12.1 Å². The van der Waals surface area contributed by atoms with Gasteiger partial charge in [0.2, 0.25) is 5.91 Å². The van der Waals surface area contributed by atoms with Crippen molar-refractivity contribution in [3.8, 4) is 10.6 Å². The Hall–Kier alpha value is -1.87. The molecule has 1 aliphatic heterocycles. The monoisotopic (exact) mass is 421 g/mol. The summed E-state index contributed by atoms with van der Waals surface area (Å²) in [6.45, 7) is 2.10. The Morgan fingerprint density at radius 1 is 1.30 bits per heavy atom. The van der Waals surface area contributed by atoms with Crippen molar-refractivity contribution in [3.63, 3.8) is 0 Å². The maximum absolute atomic E-state index is 12.3. The molecule has 142 valence electrons. The van der Waals surface area contributed by atoms with E-state index in [-0.39, 0.29) is 24.7 Å². The van der Waals surface area contributed by atoms with Crippen LogP contribution in [0, 0.1) is 0 Å². The molecule has 9 heteroatoms. The number of amides is 1. The van der Waals surface area contributed by atoms with Gasteiger partial charge in [0.1, 0.15) is 5.01 Å². The zero-order valence-electron chi connectivity index (χ0n) is 14.6. The van der Waals surface area contributed by atoms with Gasteiger partial charge in [-0.2, -0.15) is 0 Å². The van der Waals surface area contributed by atoms with Crippen molar-refractivity contribution in [3.05, 3.63) is 46.7 Å². The highest BCUT2D eigenvalue weighted by Crippen LogP contribution is 2.31. The summed E-state index contributed by atoms with van der Waals surface area (Å²) in [5.74, 6) is 0.472. The van der Waals surface area contributed by atoms with Gasteiger partial charge in [-0.1, -0.05) is 0 Å². The summed E-state index contributed by atoms with van der Waals surface area (Å²) >= 11 is 3.11. The van der Waals surface area contributed by atoms with Gasteiger partial charge in [-0.15, -0.1) is 35.1 Å². The van der Waals surface area contributed by atoms with Gasteiger partial charge < -0.3 is 10.6 Å². The first-order valence-corrected chi connectivity index (χ1v) is 10.3. The van der Waals surface area contributed by atoms with Crippen LogP contribution < -0.4 is 10.6 Å². The topological polar surface area (TPSA) is 79.8 Å². The van der Waals surface area contributed by atoms with Gasteiger partial charge >= 0.3 is 0 Å². The molecule has 1 saturated heterocycles. The number of nitrogens with one attached hydrogen (secondary N) is 2. The highest BCUT2D eigenvalue weighted by Gasteiger charge is 2.18. The minimum atomic E-state index is -0.0840. The average Bonchev–Trinajstić information content (AvgIpc) is 3.33. The van der Waals surface area contributed by atoms with Gasteiger partial charge in [-0.3, -0.25) is 9.78 Å². The number of carbonyl (C=O) groups is 1. The van der Waals surface area contributed by atoms with Crippen molar-refractivity contribution in [1.82, 2.24) is 20.3 Å². The molecule has 1 fully saturated rings. The molecule has 3 aromatic heterocycles. The highest BCUT2D eigenvalue weighted by molar-refractivity contribution is 7.15. The molecule has 0 aromatic carbocycles. The minimum Gasteiger partial charge on any atom is -0.317 e. The van der Waals surface area contributed by atoms with Gasteiger partial charge in [-0.05, 0) is 44.0 Å². The molecule has 2 N–H and O–H groups in total. The zero-order valence-corrected chi connectivity index (χ0v) is 17.0. The summed E-state index contributed by atoms with van der Waals surface area (Å²) in [5, 5.41) is 9.74. The van der Waals surface area contributed by atoms with Crippen molar-refractivity contribution < 1.29 is 4.79 Å². The fraction of sp³-hybridized carbons (Fsp3) is 0.333. The number of carbonyl (C=O) groups excluding carboxylic acids is 1. The van der Waals surface area contributed by atoms with Crippen LogP contribution in [-0.4, -0.2) is 33.9 Å². The van der Waals surface area contributed by atoms with Gasteiger partial charge in [0.15, 0.2) is 5.13 Å². The predicted molar refractivity (Wildman–Crippen MR) is 112 cm³/mol. The van der Waals surface area contributed by atoms with Crippen LogP contribution >= 0.6 is 35.1 Å². The average molecular weight is 422 g/mol. The van der Waals surface area contributed by atoms with Crippen molar-refractivity contribution in [2.45, 2.75) is 25.2 Å². The number of piperidine rings is 1. The molecule has 0 bridgehead atoms. The normalized spacial score (nSPS) is 14.5. The summed E-state index contributed by atoms with van der Waals surface area (Å²) in [4.78, 5) is 26.6. The van der Waals surface area contributed by atoms with Crippen LogP contribution in [0.15, 0.2) is 36.1 Å². The second kappa shape index (κ2) is 9.36. The third-order valence-corrected chi connectivity index (χ3v) is 6.33. The van der Waals surface area contributed by atoms with E-state index in [1.54, 1.807) is 23.7 Å². The minimum absolute atomic E-state index is 0. The predicted octanol–water partition coefficient (Wildman–Crippen LogP) is 3.73. The Morgan fingerprint density at radius 2 is 2.15 bits per heavy atom. The van der Waals surface area contributed by atoms with Crippen LogP contribution in [0.2, 0.25) is 0 Å². The summed E-state index contributed by atoms with van der Waals surface area (Å²) in [6, 6.07) is 3.85. The number of thiazole rings is 2. The lowest BCUT2D eigenvalue weighted by Crippen LogP contribution is -2.26. The van der Waals surface area contributed by atoms with Crippen molar-refractivity contribution >= 4 is 46.1 Å². The Morgan fingerprint density at radius 3 is 2.93 bits per heavy atom. The van der Waals surface area contributed by atoms with Crippen LogP contribution in [0.3, 0.4) is 0 Å². The molecule has 6 nitrogen and oxygen atoms in total. The fourth-order valence-corrected chi connectivity index (χ4v) is 4.79. The van der Waals surface area contributed by atoms with Crippen molar-refractivity contribution in [2.24, 2.45) is 0 Å². The van der Waals surface area contributed by atoms with Crippen LogP contribution in [0.5, 0.6) is 0 Å². The highest BCUT2D eigenvalue weighted by atomic mass is 35.5. The lowest BCUT2D eigenvalue weighted by atomic mass is 9.97. The number of pyridine rings is 1. The Bertz CT molecular complexity index is 877. The summed E-state index contributed by atoms with van der Waals surface area (Å²) in [5.41, 5.74) is 1.73. The molecule has 1 amide bonds. The molecular formula is C18H20ClN5OS2. The summed E-state index contributed by atoms with van der Waals surface area (Å²) < 4.78 is 0. The molecule has 4 heterocycles. The zero-order chi connectivity index (χ0) is 17.8. The van der Waals surface area contributed by atoms with E-state index >= 15 is 0 Å². The van der Waals surface area contributed by atoms with Crippen molar-refractivity contribution in [1.29, 1.82) is 0 Å². The third-order valence-electron chi connectivity index (χ3n) is 4.31. The molecule has 27 heavy (non-hydrogen) atoms. The number of anilines is 1. The number of nitrogens with zero attached hydrogens (tertiary/aromatic N) is 3. The van der Waals surface area contributed by atoms with E-state index in [4.69, 9.17) is 0 Å². The lowest BCUT2D eigenvalue weighted by Gasteiger charge is -2.20. The molecule has 3 aromatic rings. The quantitative estimate of drug-likeness (QED) is 0.656. The fourth-order valence-electron chi connectivity index (χ4n) is 2.98. The molecule has 0 atom stereocenters. The molecular weight excluding hydrogens is 402 g/mol. The Balaban J connectivity index is 0.00000210. The van der Waals surface area contributed by atoms with Crippen LogP contribution in [-0.2, 0) is 11.2 Å².